The maximum Gasteiger partial charge on any atom is 0.250 e. The highest BCUT2D eigenvalue weighted by atomic mass is 16.1. The number of aromatic nitrogens is 2. The third kappa shape index (κ3) is 2.73. The number of hydrogen-bond acceptors (Lipinski definition) is 3. The lowest BCUT2D eigenvalue weighted by molar-refractivity contribution is 0.0999. The van der Waals surface area contributed by atoms with Crippen molar-refractivity contribution in [3.63, 3.8) is 0 Å². The van der Waals surface area contributed by atoms with E-state index in [1.54, 1.807) is 0 Å². The zero-order valence-corrected chi connectivity index (χ0v) is 13.9. The van der Waals surface area contributed by atoms with Crippen molar-refractivity contribution >= 4 is 5.91 Å². The number of amides is 1. The highest BCUT2D eigenvalue weighted by Gasteiger charge is 2.24. The second-order valence-corrected chi connectivity index (χ2v) is 6.84. The summed E-state index contributed by atoms with van der Waals surface area (Å²) in [6, 6.07) is 6.48. The van der Waals surface area contributed by atoms with Crippen molar-refractivity contribution < 1.29 is 4.79 Å². The van der Waals surface area contributed by atoms with Crippen LogP contribution >= 0.6 is 0 Å². The molecule has 5 heteroatoms. The van der Waals surface area contributed by atoms with Gasteiger partial charge < -0.3 is 15.6 Å². The minimum Gasteiger partial charge on any atom is -0.366 e. The van der Waals surface area contributed by atoms with Crippen molar-refractivity contribution in [2.45, 2.75) is 57.7 Å². The van der Waals surface area contributed by atoms with Crippen LogP contribution in [-0.4, -0.2) is 15.5 Å². The van der Waals surface area contributed by atoms with E-state index in [0.717, 1.165) is 44.5 Å². The molecule has 2 aromatic heterocycles. The average molecular weight is 324 g/mol. The molecule has 2 aliphatic rings. The number of nitrogens with two attached hydrogens (primary N) is 1. The first-order valence-electron chi connectivity index (χ1n) is 8.92. The van der Waals surface area contributed by atoms with E-state index in [2.05, 4.69) is 20.9 Å². The van der Waals surface area contributed by atoms with Gasteiger partial charge in [0.2, 0.25) is 0 Å². The first-order valence-corrected chi connectivity index (χ1v) is 8.92. The number of hydrogen-bond donors (Lipinski definition) is 2. The Balaban J connectivity index is 1.56. The number of nitrogens with one attached hydrogen (secondary N) is 1. The van der Waals surface area contributed by atoms with E-state index in [9.17, 15) is 4.79 Å². The Morgan fingerprint density at radius 2 is 2.25 bits per heavy atom. The van der Waals surface area contributed by atoms with E-state index in [4.69, 9.17) is 5.73 Å². The molecule has 2 aromatic rings. The molecule has 4 rings (SSSR count). The summed E-state index contributed by atoms with van der Waals surface area (Å²) in [5.41, 5.74) is 11.1. The molecular weight excluding hydrogens is 300 g/mol. The van der Waals surface area contributed by atoms with Crippen LogP contribution in [0, 0.1) is 0 Å². The van der Waals surface area contributed by atoms with Gasteiger partial charge in [-0.25, -0.2) is 0 Å². The molecule has 0 fully saturated rings. The van der Waals surface area contributed by atoms with Crippen LogP contribution in [0.15, 0.2) is 24.4 Å². The smallest absolute Gasteiger partial charge is 0.250 e. The number of primary amides is 1. The normalized spacial score (nSPS) is 19.6. The minimum atomic E-state index is -0.309. The number of fused-ring (bicyclic) bond motifs is 2. The monoisotopic (exact) mass is 324 g/mol. The number of pyridine rings is 1. The number of aryl methyl sites for hydroxylation is 1. The number of carbonyl (C=O) groups excluding carboxylic acids is 1. The molecule has 5 nitrogen and oxygen atoms in total. The Labute approximate surface area is 142 Å². The third-order valence-corrected chi connectivity index (χ3v) is 5.33. The Hall–Kier alpha value is -2.14. The summed E-state index contributed by atoms with van der Waals surface area (Å²) < 4.78 is 2.29. The summed E-state index contributed by atoms with van der Waals surface area (Å²) in [4.78, 5) is 16.3. The molecule has 0 saturated heterocycles. The van der Waals surface area contributed by atoms with Crippen molar-refractivity contribution in [3.05, 3.63) is 52.6 Å². The first kappa shape index (κ1) is 15.4. The van der Waals surface area contributed by atoms with Crippen LogP contribution in [0.4, 0.5) is 0 Å². The molecule has 1 aliphatic carbocycles. The van der Waals surface area contributed by atoms with Gasteiger partial charge in [-0.05, 0) is 56.2 Å². The van der Waals surface area contributed by atoms with E-state index in [1.165, 1.54) is 29.8 Å². The zero-order valence-electron chi connectivity index (χ0n) is 13.9. The predicted molar refractivity (Wildman–Crippen MR) is 92.6 cm³/mol. The number of rotatable bonds is 4. The maximum atomic E-state index is 11.7. The molecule has 0 bridgehead atoms. The largest absolute Gasteiger partial charge is 0.366 e. The molecular formula is C19H24N4O. The van der Waals surface area contributed by atoms with Gasteiger partial charge in [0.15, 0.2) is 0 Å². The molecule has 0 spiro atoms. The van der Waals surface area contributed by atoms with E-state index < -0.39 is 0 Å². The van der Waals surface area contributed by atoms with Gasteiger partial charge in [0.25, 0.3) is 5.91 Å². The molecule has 1 unspecified atom stereocenters. The second-order valence-electron chi connectivity index (χ2n) is 6.84. The fourth-order valence-corrected chi connectivity index (χ4v) is 4.15. The lowest BCUT2D eigenvalue weighted by Gasteiger charge is -2.26. The van der Waals surface area contributed by atoms with Crippen LogP contribution in [0.25, 0.3) is 0 Å². The van der Waals surface area contributed by atoms with E-state index >= 15 is 0 Å². The molecule has 3 N–H and O–H groups in total. The lowest BCUT2D eigenvalue weighted by atomic mass is 9.92. The number of carbonyl (C=O) groups is 1. The molecule has 1 amide bonds. The minimum absolute atomic E-state index is 0.293. The summed E-state index contributed by atoms with van der Waals surface area (Å²) in [7, 11) is 0. The van der Waals surface area contributed by atoms with E-state index in [0.29, 0.717) is 11.6 Å². The molecule has 3 heterocycles. The SMILES string of the molecule is NC(=O)c1cc(CNC2CCCc3cccnc32)n2c1CCCC2. The molecule has 1 atom stereocenters. The van der Waals surface area contributed by atoms with Gasteiger partial charge in [0.05, 0.1) is 17.3 Å². The van der Waals surface area contributed by atoms with Crippen LogP contribution in [0.3, 0.4) is 0 Å². The Morgan fingerprint density at radius 1 is 1.33 bits per heavy atom. The number of nitrogens with zero attached hydrogens (tertiary/aromatic N) is 2. The molecule has 126 valence electrons. The van der Waals surface area contributed by atoms with Gasteiger partial charge in [-0.2, -0.15) is 0 Å². The van der Waals surface area contributed by atoms with Gasteiger partial charge >= 0.3 is 0 Å². The molecule has 24 heavy (non-hydrogen) atoms. The topological polar surface area (TPSA) is 72.9 Å². The summed E-state index contributed by atoms with van der Waals surface area (Å²) >= 11 is 0. The average Bonchev–Trinajstić information content (AvgIpc) is 2.99. The van der Waals surface area contributed by atoms with Crippen LogP contribution in [-0.2, 0) is 25.9 Å². The third-order valence-electron chi connectivity index (χ3n) is 5.33. The van der Waals surface area contributed by atoms with Crippen molar-refractivity contribution in [3.8, 4) is 0 Å². The fraction of sp³-hybridized carbons (Fsp3) is 0.474. The van der Waals surface area contributed by atoms with E-state index in [-0.39, 0.29) is 5.91 Å². The van der Waals surface area contributed by atoms with Crippen LogP contribution < -0.4 is 11.1 Å². The van der Waals surface area contributed by atoms with Crippen LogP contribution in [0.1, 0.15) is 64.7 Å². The maximum absolute atomic E-state index is 11.7. The molecule has 0 saturated carbocycles. The van der Waals surface area contributed by atoms with Gasteiger partial charge in [0.1, 0.15) is 0 Å². The second kappa shape index (κ2) is 6.40. The highest BCUT2D eigenvalue weighted by molar-refractivity contribution is 5.94. The Morgan fingerprint density at radius 3 is 3.12 bits per heavy atom. The van der Waals surface area contributed by atoms with Crippen molar-refractivity contribution in [1.29, 1.82) is 0 Å². The zero-order chi connectivity index (χ0) is 16.5. The lowest BCUT2D eigenvalue weighted by Crippen LogP contribution is -2.27. The van der Waals surface area contributed by atoms with Gasteiger partial charge in [-0.15, -0.1) is 0 Å². The summed E-state index contributed by atoms with van der Waals surface area (Å²) in [5.74, 6) is -0.309. The Kier molecular flexibility index (Phi) is 4.10. The standard InChI is InChI=1S/C19H24N4O/c20-19(24)15-11-14(23-10-2-1-8-17(15)23)12-22-16-7-3-5-13-6-4-9-21-18(13)16/h4,6,9,11,16,22H,1-3,5,7-8,10,12H2,(H2,20,24). The van der Waals surface area contributed by atoms with Crippen molar-refractivity contribution in [1.82, 2.24) is 14.9 Å². The van der Waals surface area contributed by atoms with Crippen molar-refractivity contribution in [2.24, 2.45) is 5.73 Å². The first-order chi connectivity index (χ1) is 11.7. The van der Waals surface area contributed by atoms with Crippen molar-refractivity contribution in [2.75, 3.05) is 0 Å². The predicted octanol–water partition coefficient (Wildman–Crippen LogP) is 2.49. The highest BCUT2D eigenvalue weighted by Crippen LogP contribution is 2.29. The Bertz CT molecular complexity index is 765. The molecule has 0 radical (unpaired) electrons. The van der Waals surface area contributed by atoms with Gasteiger partial charge in [0, 0.05) is 30.7 Å². The molecule has 1 aliphatic heterocycles. The fourth-order valence-electron chi connectivity index (χ4n) is 4.15. The summed E-state index contributed by atoms with van der Waals surface area (Å²) in [6.07, 6.45) is 8.55. The van der Waals surface area contributed by atoms with Gasteiger partial charge in [-0.1, -0.05) is 6.07 Å². The summed E-state index contributed by atoms with van der Waals surface area (Å²) in [6.45, 7) is 1.74. The quantitative estimate of drug-likeness (QED) is 0.907. The van der Waals surface area contributed by atoms with Gasteiger partial charge in [-0.3, -0.25) is 9.78 Å². The van der Waals surface area contributed by atoms with E-state index in [1.807, 2.05) is 18.3 Å². The van der Waals surface area contributed by atoms with Crippen LogP contribution in [0.5, 0.6) is 0 Å². The molecule has 0 aromatic carbocycles. The summed E-state index contributed by atoms with van der Waals surface area (Å²) in [5, 5.41) is 3.66. The van der Waals surface area contributed by atoms with Crippen LogP contribution in [0.2, 0.25) is 0 Å².